The third-order valence-electron chi connectivity index (χ3n) is 6.15. The third-order valence-corrected chi connectivity index (χ3v) is 8.18. The lowest BCUT2D eigenvalue weighted by molar-refractivity contribution is -0.140. The molecule has 0 aliphatic carbocycles. The fourth-order valence-corrected chi connectivity index (χ4v) is 5.70. The SMILES string of the molecule is CCCNC(=O)[C@H](CC)N(Cc1ccc(OC)cc1)C(=O)CN(c1cccc(Cl)c1)S(=O)(=O)c1ccccc1. The van der Waals surface area contributed by atoms with E-state index < -0.39 is 28.5 Å². The Morgan fingerprint density at radius 2 is 1.67 bits per heavy atom. The summed E-state index contributed by atoms with van der Waals surface area (Å²) < 4.78 is 33.8. The first-order valence-electron chi connectivity index (χ1n) is 12.7. The number of nitrogens with zero attached hydrogens (tertiary/aromatic N) is 2. The zero-order valence-corrected chi connectivity index (χ0v) is 23.9. The minimum absolute atomic E-state index is 0.0345. The van der Waals surface area contributed by atoms with Gasteiger partial charge in [0.15, 0.2) is 0 Å². The molecule has 208 valence electrons. The Bertz CT molecular complexity index is 1350. The zero-order chi connectivity index (χ0) is 28.4. The molecular weight excluding hydrogens is 538 g/mol. The first-order valence-corrected chi connectivity index (χ1v) is 14.6. The molecular formula is C29H34ClN3O5S. The van der Waals surface area contributed by atoms with Crippen molar-refractivity contribution < 1.29 is 22.7 Å². The van der Waals surface area contributed by atoms with Gasteiger partial charge in [-0.3, -0.25) is 13.9 Å². The van der Waals surface area contributed by atoms with Crippen LogP contribution >= 0.6 is 11.6 Å². The summed E-state index contributed by atoms with van der Waals surface area (Å²) in [5.74, 6) is -0.157. The van der Waals surface area contributed by atoms with Crippen molar-refractivity contribution in [2.24, 2.45) is 0 Å². The van der Waals surface area contributed by atoms with Gasteiger partial charge < -0.3 is 15.0 Å². The summed E-state index contributed by atoms with van der Waals surface area (Å²) in [7, 11) is -2.57. The molecule has 0 spiro atoms. The van der Waals surface area contributed by atoms with Crippen LogP contribution in [-0.2, 0) is 26.2 Å². The highest BCUT2D eigenvalue weighted by Gasteiger charge is 2.33. The number of amides is 2. The summed E-state index contributed by atoms with van der Waals surface area (Å²) in [6, 6.07) is 20.6. The number of hydrogen-bond donors (Lipinski definition) is 1. The molecule has 1 atom stereocenters. The lowest BCUT2D eigenvalue weighted by Gasteiger charge is -2.33. The van der Waals surface area contributed by atoms with Crippen LogP contribution in [0.2, 0.25) is 5.02 Å². The molecule has 3 rings (SSSR count). The van der Waals surface area contributed by atoms with E-state index in [4.69, 9.17) is 16.3 Å². The first-order chi connectivity index (χ1) is 18.7. The molecule has 2 amide bonds. The van der Waals surface area contributed by atoms with Gasteiger partial charge in [0.1, 0.15) is 18.3 Å². The number of hydrogen-bond acceptors (Lipinski definition) is 5. The number of halogens is 1. The lowest BCUT2D eigenvalue weighted by atomic mass is 10.1. The van der Waals surface area contributed by atoms with E-state index in [1.807, 2.05) is 26.0 Å². The van der Waals surface area contributed by atoms with Gasteiger partial charge in [-0.2, -0.15) is 0 Å². The van der Waals surface area contributed by atoms with Crippen molar-refractivity contribution in [2.75, 3.05) is 24.5 Å². The van der Waals surface area contributed by atoms with Crippen LogP contribution in [0.5, 0.6) is 5.75 Å². The van der Waals surface area contributed by atoms with E-state index in [0.717, 1.165) is 16.3 Å². The zero-order valence-electron chi connectivity index (χ0n) is 22.3. The van der Waals surface area contributed by atoms with Crippen molar-refractivity contribution in [3.05, 3.63) is 89.4 Å². The van der Waals surface area contributed by atoms with Crippen LogP contribution in [0.25, 0.3) is 0 Å². The number of ether oxygens (including phenoxy) is 1. The molecule has 8 nitrogen and oxygen atoms in total. The average molecular weight is 572 g/mol. The van der Waals surface area contributed by atoms with Crippen LogP contribution in [0.3, 0.4) is 0 Å². The van der Waals surface area contributed by atoms with Crippen molar-refractivity contribution >= 4 is 39.1 Å². The topological polar surface area (TPSA) is 96.0 Å². The summed E-state index contributed by atoms with van der Waals surface area (Å²) in [4.78, 5) is 28.6. The van der Waals surface area contributed by atoms with Gasteiger partial charge >= 0.3 is 0 Å². The Labute approximate surface area is 235 Å². The summed E-state index contributed by atoms with van der Waals surface area (Å²) in [5.41, 5.74) is 1.01. The molecule has 0 aliphatic heterocycles. The molecule has 0 radical (unpaired) electrons. The van der Waals surface area contributed by atoms with Gasteiger partial charge in [0.2, 0.25) is 11.8 Å². The van der Waals surface area contributed by atoms with Gasteiger partial charge in [-0.15, -0.1) is 0 Å². The molecule has 3 aromatic carbocycles. The highest BCUT2D eigenvalue weighted by Crippen LogP contribution is 2.27. The van der Waals surface area contributed by atoms with Gasteiger partial charge in [-0.05, 0) is 60.9 Å². The van der Waals surface area contributed by atoms with Crippen LogP contribution in [-0.4, -0.2) is 51.4 Å². The van der Waals surface area contributed by atoms with Crippen molar-refractivity contribution in [3.8, 4) is 5.75 Å². The summed E-state index contributed by atoms with van der Waals surface area (Å²) in [6.07, 6.45) is 1.09. The Hall–Kier alpha value is -3.56. The second kappa shape index (κ2) is 14.0. The van der Waals surface area contributed by atoms with Gasteiger partial charge in [-0.1, -0.05) is 61.8 Å². The number of rotatable bonds is 13. The van der Waals surface area contributed by atoms with Crippen molar-refractivity contribution in [3.63, 3.8) is 0 Å². The Balaban J connectivity index is 2.03. The highest BCUT2D eigenvalue weighted by molar-refractivity contribution is 7.92. The normalized spacial score (nSPS) is 11.9. The molecule has 0 fully saturated rings. The number of anilines is 1. The minimum Gasteiger partial charge on any atom is -0.497 e. The van der Waals surface area contributed by atoms with Crippen LogP contribution in [0.1, 0.15) is 32.3 Å². The first kappa shape index (κ1) is 30.0. The van der Waals surface area contributed by atoms with Crippen molar-refractivity contribution in [1.82, 2.24) is 10.2 Å². The van der Waals surface area contributed by atoms with Crippen LogP contribution < -0.4 is 14.4 Å². The highest BCUT2D eigenvalue weighted by atomic mass is 35.5. The van der Waals surface area contributed by atoms with Crippen molar-refractivity contribution in [1.29, 1.82) is 0 Å². The van der Waals surface area contributed by atoms with Gasteiger partial charge in [0.05, 0.1) is 17.7 Å². The van der Waals surface area contributed by atoms with E-state index in [2.05, 4.69) is 5.32 Å². The van der Waals surface area contributed by atoms with Crippen LogP contribution in [0.4, 0.5) is 5.69 Å². The monoisotopic (exact) mass is 571 g/mol. The summed E-state index contributed by atoms with van der Waals surface area (Å²) in [6.45, 7) is 3.82. The second-order valence-corrected chi connectivity index (χ2v) is 11.2. The Kier molecular flexibility index (Phi) is 10.8. The number of methoxy groups -OCH3 is 1. The molecule has 0 heterocycles. The van der Waals surface area contributed by atoms with E-state index in [0.29, 0.717) is 23.7 Å². The van der Waals surface area contributed by atoms with E-state index in [9.17, 15) is 18.0 Å². The third kappa shape index (κ3) is 7.74. The molecule has 0 aliphatic rings. The maximum atomic E-state index is 14.0. The van der Waals surface area contributed by atoms with E-state index >= 15 is 0 Å². The lowest BCUT2D eigenvalue weighted by Crippen LogP contribution is -2.52. The number of benzene rings is 3. The second-order valence-electron chi connectivity index (χ2n) is 8.89. The maximum absolute atomic E-state index is 14.0. The molecule has 0 aromatic heterocycles. The van der Waals surface area contributed by atoms with Crippen LogP contribution in [0.15, 0.2) is 83.8 Å². The van der Waals surface area contributed by atoms with Crippen molar-refractivity contribution in [2.45, 2.75) is 44.2 Å². The van der Waals surface area contributed by atoms with Gasteiger partial charge in [0.25, 0.3) is 10.0 Å². The molecule has 0 unspecified atom stereocenters. The van der Waals surface area contributed by atoms with E-state index in [1.165, 1.54) is 23.1 Å². The fraction of sp³-hybridized carbons (Fsp3) is 0.310. The van der Waals surface area contributed by atoms with Crippen LogP contribution in [0, 0.1) is 0 Å². The number of carbonyl (C=O) groups is 2. The summed E-state index contributed by atoms with van der Waals surface area (Å²) in [5, 5.41) is 3.20. The average Bonchev–Trinajstić information content (AvgIpc) is 2.95. The predicted molar refractivity (Wildman–Crippen MR) is 153 cm³/mol. The van der Waals surface area contributed by atoms with Gasteiger partial charge in [0, 0.05) is 18.1 Å². The fourth-order valence-electron chi connectivity index (χ4n) is 4.09. The van der Waals surface area contributed by atoms with Gasteiger partial charge in [-0.25, -0.2) is 8.42 Å². The number of sulfonamides is 1. The number of nitrogens with one attached hydrogen (secondary N) is 1. The molecule has 3 aromatic rings. The molecule has 1 N–H and O–H groups in total. The largest absolute Gasteiger partial charge is 0.497 e. The molecule has 0 bridgehead atoms. The standard InChI is InChI=1S/C29H34ClN3O5S/c1-4-18-31-29(35)27(5-2)32(20-22-14-16-25(38-3)17-15-22)28(34)21-33(24-11-9-10-23(30)19-24)39(36,37)26-12-7-6-8-13-26/h6-17,19,27H,4-5,18,20-21H2,1-3H3,(H,31,35)/t27-/m0/s1. The predicted octanol–water partition coefficient (Wildman–Crippen LogP) is 4.88. The Morgan fingerprint density at radius 3 is 2.26 bits per heavy atom. The minimum atomic E-state index is -4.14. The molecule has 39 heavy (non-hydrogen) atoms. The smallest absolute Gasteiger partial charge is 0.264 e. The molecule has 10 heteroatoms. The molecule has 0 saturated carbocycles. The molecule has 0 saturated heterocycles. The van der Waals surface area contributed by atoms with E-state index in [1.54, 1.807) is 55.6 Å². The Morgan fingerprint density at radius 1 is 0.974 bits per heavy atom. The number of carbonyl (C=O) groups excluding carboxylic acids is 2. The summed E-state index contributed by atoms with van der Waals surface area (Å²) >= 11 is 6.20. The van der Waals surface area contributed by atoms with E-state index in [-0.39, 0.29) is 23.0 Å². The maximum Gasteiger partial charge on any atom is 0.264 e. The quantitative estimate of drug-likeness (QED) is 0.315.